The summed E-state index contributed by atoms with van der Waals surface area (Å²) in [4.78, 5) is 11.5. The molecule has 76 valence electrons. The highest BCUT2D eigenvalue weighted by atomic mass is 16.1. The van der Waals surface area contributed by atoms with E-state index in [4.69, 9.17) is 0 Å². The average Bonchev–Trinajstić information content (AvgIpc) is 2.43. The van der Waals surface area contributed by atoms with Crippen LogP contribution in [0.4, 0.5) is 0 Å². The second-order valence-corrected chi connectivity index (χ2v) is 3.43. The zero-order chi connectivity index (χ0) is 10.7. The van der Waals surface area contributed by atoms with Gasteiger partial charge in [0.25, 0.3) is 5.91 Å². The second-order valence-electron chi connectivity index (χ2n) is 3.43. The normalized spacial score (nSPS) is 9.93. The number of nitrogens with zero attached hydrogens (tertiary/aromatic N) is 2. The molecule has 0 bridgehead atoms. The molecule has 1 N–H and O–H groups in total. The maximum absolute atomic E-state index is 11.5. The van der Waals surface area contributed by atoms with Crippen LogP contribution in [0, 0.1) is 6.92 Å². The molecule has 0 spiro atoms. The van der Waals surface area contributed by atoms with E-state index in [0.29, 0.717) is 12.2 Å². The quantitative estimate of drug-likeness (QED) is 0.729. The van der Waals surface area contributed by atoms with Crippen LogP contribution in [-0.4, -0.2) is 22.2 Å². The van der Waals surface area contributed by atoms with Crippen molar-refractivity contribution >= 4 is 5.91 Å². The summed E-state index contributed by atoms with van der Waals surface area (Å²) in [6.07, 6.45) is 0. The van der Waals surface area contributed by atoms with E-state index in [9.17, 15) is 4.79 Å². The molecule has 0 aliphatic carbocycles. The van der Waals surface area contributed by atoms with Crippen molar-refractivity contribution in [3.63, 3.8) is 0 Å². The van der Waals surface area contributed by atoms with Crippen LogP contribution in [0.25, 0.3) is 0 Å². The minimum absolute atomic E-state index is 0.156. The smallest absolute Gasteiger partial charge is 0.272 e. The molecule has 0 saturated carbocycles. The monoisotopic (exact) mass is 193 g/mol. The molecule has 0 aliphatic heterocycles. The fraction of sp³-hybridized carbons (Fsp3) is 0.400. The summed E-state index contributed by atoms with van der Waals surface area (Å²) in [5.41, 5.74) is 2.34. The Kier molecular flexibility index (Phi) is 3.06. The van der Waals surface area contributed by atoms with Gasteiger partial charge >= 0.3 is 0 Å². The van der Waals surface area contributed by atoms with Crippen molar-refractivity contribution in [2.24, 2.45) is 7.05 Å². The predicted molar refractivity (Wildman–Crippen MR) is 55.1 cm³/mol. The van der Waals surface area contributed by atoms with Crippen molar-refractivity contribution in [2.45, 2.75) is 13.8 Å². The molecular formula is C10H15N3O. The maximum Gasteiger partial charge on any atom is 0.272 e. The van der Waals surface area contributed by atoms with Gasteiger partial charge in [0, 0.05) is 19.3 Å². The number of amides is 1. The summed E-state index contributed by atoms with van der Waals surface area (Å²) >= 11 is 0. The van der Waals surface area contributed by atoms with Crippen LogP contribution in [0.2, 0.25) is 0 Å². The molecule has 0 saturated heterocycles. The molecule has 1 heterocycles. The zero-order valence-electron chi connectivity index (χ0n) is 8.79. The van der Waals surface area contributed by atoms with E-state index in [-0.39, 0.29) is 5.91 Å². The van der Waals surface area contributed by atoms with Crippen LogP contribution in [0.5, 0.6) is 0 Å². The number of aryl methyl sites for hydroxylation is 2. The summed E-state index contributed by atoms with van der Waals surface area (Å²) in [5, 5.41) is 6.79. The minimum Gasteiger partial charge on any atom is -0.347 e. The Balaban J connectivity index is 2.65. The molecular weight excluding hydrogens is 178 g/mol. The number of carbonyl (C=O) groups is 1. The van der Waals surface area contributed by atoms with Gasteiger partial charge in [0.2, 0.25) is 0 Å². The van der Waals surface area contributed by atoms with Crippen molar-refractivity contribution in [3.8, 4) is 0 Å². The lowest BCUT2D eigenvalue weighted by Crippen LogP contribution is -2.25. The van der Waals surface area contributed by atoms with Crippen LogP contribution in [0.1, 0.15) is 23.1 Å². The first-order chi connectivity index (χ1) is 6.50. The first-order valence-corrected chi connectivity index (χ1v) is 4.44. The first-order valence-electron chi connectivity index (χ1n) is 4.44. The minimum atomic E-state index is -0.156. The maximum atomic E-state index is 11.5. The molecule has 0 radical (unpaired) electrons. The Labute approximate surface area is 83.6 Å². The third kappa shape index (κ3) is 2.45. The lowest BCUT2D eigenvalue weighted by molar-refractivity contribution is 0.0951. The molecule has 0 unspecified atom stereocenters. The van der Waals surface area contributed by atoms with E-state index in [0.717, 1.165) is 11.3 Å². The zero-order valence-corrected chi connectivity index (χ0v) is 8.79. The Hall–Kier alpha value is -1.58. The fourth-order valence-corrected chi connectivity index (χ4v) is 0.993. The highest BCUT2D eigenvalue weighted by molar-refractivity contribution is 5.92. The molecule has 1 amide bonds. The van der Waals surface area contributed by atoms with E-state index in [1.54, 1.807) is 10.7 Å². The second kappa shape index (κ2) is 4.09. The van der Waals surface area contributed by atoms with E-state index in [1.807, 2.05) is 20.9 Å². The Morgan fingerprint density at radius 1 is 1.71 bits per heavy atom. The highest BCUT2D eigenvalue weighted by Crippen LogP contribution is 2.00. The van der Waals surface area contributed by atoms with Crippen molar-refractivity contribution < 1.29 is 4.79 Å². The molecule has 0 atom stereocenters. The van der Waals surface area contributed by atoms with E-state index in [2.05, 4.69) is 17.0 Å². The SMILES string of the molecule is C=C(C)CNC(=O)c1cc(C)n(C)n1. The van der Waals surface area contributed by atoms with Crippen molar-refractivity contribution in [3.05, 3.63) is 29.6 Å². The predicted octanol–water partition coefficient (Wildman–Crippen LogP) is 1.03. The van der Waals surface area contributed by atoms with Crippen molar-refractivity contribution in [1.82, 2.24) is 15.1 Å². The number of aromatic nitrogens is 2. The van der Waals surface area contributed by atoms with Gasteiger partial charge in [0.1, 0.15) is 5.69 Å². The van der Waals surface area contributed by atoms with Crippen molar-refractivity contribution in [2.75, 3.05) is 6.54 Å². The lowest BCUT2D eigenvalue weighted by Gasteiger charge is -2.00. The lowest BCUT2D eigenvalue weighted by atomic mass is 10.3. The van der Waals surface area contributed by atoms with Crippen LogP contribution in [-0.2, 0) is 7.05 Å². The number of rotatable bonds is 3. The summed E-state index contributed by atoms with van der Waals surface area (Å²) in [5.74, 6) is -0.156. The average molecular weight is 193 g/mol. The summed E-state index contributed by atoms with van der Waals surface area (Å²) in [6, 6.07) is 1.76. The van der Waals surface area contributed by atoms with Gasteiger partial charge in [-0.1, -0.05) is 12.2 Å². The molecule has 14 heavy (non-hydrogen) atoms. The van der Waals surface area contributed by atoms with Gasteiger partial charge in [0.15, 0.2) is 0 Å². The Morgan fingerprint density at radius 2 is 2.36 bits per heavy atom. The summed E-state index contributed by atoms with van der Waals surface area (Å²) < 4.78 is 1.68. The van der Waals surface area contributed by atoms with Gasteiger partial charge in [-0.05, 0) is 19.9 Å². The fourth-order valence-electron chi connectivity index (χ4n) is 0.993. The van der Waals surface area contributed by atoms with E-state index in [1.165, 1.54) is 0 Å². The highest BCUT2D eigenvalue weighted by Gasteiger charge is 2.09. The van der Waals surface area contributed by atoms with Gasteiger partial charge in [-0.3, -0.25) is 9.48 Å². The van der Waals surface area contributed by atoms with E-state index < -0.39 is 0 Å². The molecule has 4 nitrogen and oxygen atoms in total. The first kappa shape index (κ1) is 10.5. The topological polar surface area (TPSA) is 46.9 Å². The summed E-state index contributed by atoms with van der Waals surface area (Å²) in [7, 11) is 1.81. The van der Waals surface area contributed by atoms with Crippen LogP contribution >= 0.6 is 0 Å². The number of nitrogens with one attached hydrogen (secondary N) is 1. The van der Waals surface area contributed by atoms with Gasteiger partial charge in [-0.25, -0.2) is 0 Å². The molecule has 1 aromatic heterocycles. The number of hydrogen-bond acceptors (Lipinski definition) is 2. The van der Waals surface area contributed by atoms with Crippen LogP contribution < -0.4 is 5.32 Å². The van der Waals surface area contributed by atoms with E-state index >= 15 is 0 Å². The number of hydrogen-bond donors (Lipinski definition) is 1. The van der Waals surface area contributed by atoms with Crippen LogP contribution in [0.3, 0.4) is 0 Å². The Morgan fingerprint density at radius 3 is 2.79 bits per heavy atom. The Bertz CT molecular complexity index is 346. The van der Waals surface area contributed by atoms with Gasteiger partial charge in [-0.15, -0.1) is 0 Å². The molecule has 1 aromatic rings. The third-order valence-electron chi connectivity index (χ3n) is 1.90. The standard InChI is InChI=1S/C10H15N3O/c1-7(2)6-11-10(14)9-5-8(3)13(4)12-9/h5H,1,6H2,2-4H3,(H,11,14). The van der Waals surface area contributed by atoms with Gasteiger partial charge < -0.3 is 5.32 Å². The summed E-state index contributed by atoms with van der Waals surface area (Å²) in [6.45, 7) is 7.97. The largest absolute Gasteiger partial charge is 0.347 e. The van der Waals surface area contributed by atoms with Gasteiger partial charge in [-0.2, -0.15) is 5.10 Å². The molecule has 1 rings (SSSR count). The molecule has 4 heteroatoms. The van der Waals surface area contributed by atoms with Crippen molar-refractivity contribution in [1.29, 1.82) is 0 Å². The molecule has 0 aromatic carbocycles. The third-order valence-corrected chi connectivity index (χ3v) is 1.90. The number of carbonyl (C=O) groups excluding carboxylic acids is 1. The van der Waals surface area contributed by atoms with Gasteiger partial charge in [0.05, 0.1) is 0 Å². The van der Waals surface area contributed by atoms with Crippen LogP contribution in [0.15, 0.2) is 18.2 Å². The molecule has 0 aliphatic rings. The molecule has 0 fully saturated rings.